The Morgan fingerprint density at radius 1 is 1.44 bits per heavy atom. The van der Waals surface area contributed by atoms with Gasteiger partial charge >= 0.3 is 5.97 Å². The first-order valence-electron chi connectivity index (χ1n) is 6.12. The minimum atomic E-state index is -0.901. The molecule has 1 rings (SSSR count). The molecule has 0 aliphatic carbocycles. The zero-order chi connectivity index (χ0) is 13.9. The number of imide groups is 1. The van der Waals surface area contributed by atoms with Crippen LogP contribution in [-0.2, 0) is 19.1 Å². The summed E-state index contributed by atoms with van der Waals surface area (Å²) < 4.78 is 4.99. The number of carbonyl (C=O) groups is 3. The lowest BCUT2D eigenvalue weighted by molar-refractivity contribution is -0.159. The third-order valence-corrected chi connectivity index (χ3v) is 3.16. The van der Waals surface area contributed by atoms with Gasteiger partial charge in [0.15, 0.2) is 0 Å². The number of nitrogens with zero attached hydrogens (tertiary/aromatic N) is 1. The summed E-state index contributed by atoms with van der Waals surface area (Å²) in [4.78, 5) is 36.7. The van der Waals surface area contributed by atoms with Crippen LogP contribution in [-0.4, -0.2) is 47.4 Å². The Hall–Kier alpha value is -1.43. The molecule has 6 nitrogen and oxygen atoms in total. The van der Waals surface area contributed by atoms with Crippen molar-refractivity contribution in [2.75, 3.05) is 13.2 Å². The summed E-state index contributed by atoms with van der Waals surface area (Å²) in [5, 5.41) is 2.28. The molecule has 102 valence electrons. The van der Waals surface area contributed by atoms with Gasteiger partial charge < -0.3 is 4.74 Å². The van der Waals surface area contributed by atoms with E-state index in [1.54, 1.807) is 25.7 Å². The van der Waals surface area contributed by atoms with E-state index in [-0.39, 0.29) is 25.0 Å². The number of amides is 2. The molecule has 1 unspecified atom stereocenters. The lowest BCUT2D eigenvalue weighted by Crippen LogP contribution is -2.67. The molecule has 0 spiro atoms. The smallest absolute Gasteiger partial charge is 0.323 e. The second kappa shape index (κ2) is 5.48. The molecule has 0 aromatic heterocycles. The van der Waals surface area contributed by atoms with E-state index in [0.717, 1.165) is 0 Å². The number of hydrogen-bond donors (Lipinski definition) is 1. The summed E-state index contributed by atoms with van der Waals surface area (Å²) in [5.74, 6) is -1.17. The van der Waals surface area contributed by atoms with Gasteiger partial charge in [0.2, 0.25) is 11.8 Å². The molecule has 0 saturated carbocycles. The van der Waals surface area contributed by atoms with Crippen molar-refractivity contribution >= 4 is 17.8 Å². The third kappa shape index (κ3) is 2.69. The van der Waals surface area contributed by atoms with Crippen molar-refractivity contribution < 1.29 is 19.1 Å². The Morgan fingerprint density at radius 2 is 2.06 bits per heavy atom. The Kier molecular flexibility index (Phi) is 4.45. The highest BCUT2D eigenvalue weighted by atomic mass is 16.5. The summed E-state index contributed by atoms with van der Waals surface area (Å²) in [6.07, 6.45) is 0.489. The Bertz CT molecular complexity index is 365. The van der Waals surface area contributed by atoms with Crippen LogP contribution in [0, 0.1) is 0 Å². The number of piperazine rings is 1. The molecule has 0 aromatic rings. The van der Waals surface area contributed by atoms with Gasteiger partial charge in [-0.2, -0.15) is 0 Å². The fraction of sp³-hybridized carbons (Fsp3) is 0.750. The number of hydrogen-bond acceptors (Lipinski definition) is 5. The summed E-state index contributed by atoms with van der Waals surface area (Å²) in [6.45, 7) is 7.24. The summed E-state index contributed by atoms with van der Waals surface area (Å²) in [6, 6.07) is -0.574. The molecule has 2 amide bonds. The number of esters is 1. The zero-order valence-corrected chi connectivity index (χ0v) is 11.3. The molecule has 1 atom stereocenters. The standard InChI is InChI=1S/C12H20N2O4/c1-5-8(10(16)18-6-2)14-7-9(15)13-11(17)12(14,3)4/h8H,5-7H2,1-4H3,(H,13,15,17). The Morgan fingerprint density at radius 3 is 2.56 bits per heavy atom. The van der Waals surface area contributed by atoms with E-state index < -0.39 is 17.6 Å². The van der Waals surface area contributed by atoms with E-state index in [4.69, 9.17) is 4.74 Å². The van der Waals surface area contributed by atoms with Gasteiger partial charge in [-0.15, -0.1) is 0 Å². The minimum absolute atomic E-state index is 0.0239. The van der Waals surface area contributed by atoms with Crippen molar-refractivity contribution in [1.82, 2.24) is 10.2 Å². The van der Waals surface area contributed by atoms with E-state index in [2.05, 4.69) is 5.32 Å². The zero-order valence-electron chi connectivity index (χ0n) is 11.3. The maximum Gasteiger partial charge on any atom is 0.323 e. The van der Waals surface area contributed by atoms with Gasteiger partial charge in [-0.1, -0.05) is 6.92 Å². The fourth-order valence-corrected chi connectivity index (χ4v) is 2.05. The van der Waals surface area contributed by atoms with Crippen molar-refractivity contribution in [3.63, 3.8) is 0 Å². The number of rotatable bonds is 4. The number of carbonyl (C=O) groups excluding carboxylic acids is 3. The minimum Gasteiger partial charge on any atom is -0.465 e. The van der Waals surface area contributed by atoms with Crippen molar-refractivity contribution in [2.45, 2.75) is 45.7 Å². The SMILES string of the molecule is CCOC(=O)C(CC)N1CC(=O)NC(=O)C1(C)C. The summed E-state index contributed by atoms with van der Waals surface area (Å²) in [5.41, 5.74) is -0.901. The molecule has 1 aliphatic rings. The van der Waals surface area contributed by atoms with E-state index in [0.29, 0.717) is 6.42 Å². The highest BCUT2D eigenvalue weighted by Gasteiger charge is 2.46. The highest BCUT2D eigenvalue weighted by molar-refractivity contribution is 6.03. The Labute approximate surface area is 107 Å². The van der Waals surface area contributed by atoms with Gasteiger partial charge in [-0.3, -0.25) is 24.6 Å². The quantitative estimate of drug-likeness (QED) is 0.569. The molecule has 0 aromatic carbocycles. The van der Waals surface area contributed by atoms with Crippen LogP contribution in [0.5, 0.6) is 0 Å². The lowest BCUT2D eigenvalue weighted by Gasteiger charge is -2.43. The van der Waals surface area contributed by atoms with Gasteiger partial charge in [-0.05, 0) is 27.2 Å². The van der Waals surface area contributed by atoms with Gasteiger partial charge in [-0.25, -0.2) is 0 Å². The Balaban J connectivity index is 2.98. The predicted octanol–water partition coefficient (Wildman–Crippen LogP) is 0.0651. The van der Waals surface area contributed by atoms with Crippen LogP contribution in [0.15, 0.2) is 0 Å². The molecular weight excluding hydrogens is 236 g/mol. The second-order valence-electron chi connectivity index (χ2n) is 4.74. The monoisotopic (exact) mass is 256 g/mol. The largest absolute Gasteiger partial charge is 0.465 e. The van der Waals surface area contributed by atoms with Crippen LogP contribution < -0.4 is 5.32 Å². The maximum absolute atomic E-state index is 11.9. The molecule has 18 heavy (non-hydrogen) atoms. The van der Waals surface area contributed by atoms with Gasteiger partial charge in [0.25, 0.3) is 0 Å². The molecule has 0 bridgehead atoms. The molecular formula is C12H20N2O4. The highest BCUT2D eigenvalue weighted by Crippen LogP contribution is 2.23. The topological polar surface area (TPSA) is 75.7 Å². The lowest BCUT2D eigenvalue weighted by atomic mass is 9.95. The first-order valence-corrected chi connectivity index (χ1v) is 6.12. The molecule has 1 N–H and O–H groups in total. The van der Waals surface area contributed by atoms with Crippen LogP contribution in [0.25, 0.3) is 0 Å². The van der Waals surface area contributed by atoms with Crippen molar-refractivity contribution in [2.24, 2.45) is 0 Å². The number of nitrogens with one attached hydrogen (secondary N) is 1. The van der Waals surface area contributed by atoms with Crippen LogP contribution in [0.2, 0.25) is 0 Å². The van der Waals surface area contributed by atoms with Crippen LogP contribution >= 0.6 is 0 Å². The van der Waals surface area contributed by atoms with Gasteiger partial charge in [0, 0.05) is 0 Å². The van der Waals surface area contributed by atoms with Crippen molar-refractivity contribution in [1.29, 1.82) is 0 Å². The summed E-state index contributed by atoms with van der Waals surface area (Å²) in [7, 11) is 0. The van der Waals surface area contributed by atoms with E-state index in [1.165, 1.54) is 0 Å². The second-order valence-corrected chi connectivity index (χ2v) is 4.74. The first kappa shape index (κ1) is 14.6. The maximum atomic E-state index is 11.9. The van der Waals surface area contributed by atoms with Crippen molar-refractivity contribution in [3.05, 3.63) is 0 Å². The van der Waals surface area contributed by atoms with Crippen LogP contribution in [0.3, 0.4) is 0 Å². The average Bonchev–Trinajstić information content (AvgIpc) is 2.27. The molecule has 1 heterocycles. The molecule has 0 radical (unpaired) electrons. The van der Waals surface area contributed by atoms with E-state index >= 15 is 0 Å². The average molecular weight is 256 g/mol. The molecule has 1 fully saturated rings. The van der Waals surface area contributed by atoms with Crippen molar-refractivity contribution in [3.8, 4) is 0 Å². The van der Waals surface area contributed by atoms with Gasteiger partial charge in [0.1, 0.15) is 6.04 Å². The third-order valence-electron chi connectivity index (χ3n) is 3.16. The normalized spacial score (nSPS) is 21.3. The van der Waals surface area contributed by atoms with E-state index in [1.807, 2.05) is 6.92 Å². The van der Waals surface area contributed by atoms with E-state index in [9.17, 15) is 14.4 Å². The fourth-order valence-electron chi connectivity index (χ4n) is 2.05. The van der Waals surface area contributed by atoms with Crippen LogP contribution in [0.1, 0.15) is 34.1 Å². The van der Waals surface area contributed by atoms with Crippen LogP contribution in [0.4, 0.5) is 0 Å². The molecule has 6 heteroatoms. The first-order chi connectivity index (χ1) is 8.34. The molecule has 1 saturated heterocycles. The number of ether oxygens (including phenoxy) is 1. The van der Waals surface area contributed by atoms with Gasteiger partial charge in [0.05, 0.1) is 18.7 Å². The predicted molar refractivity (Wildman–Crippen MR) is 64.6 cm³/mol. The molecule has 1 aliphatic heterocycles. The summed E-state index contributed by atoms with van der Waals surface area (Å²) >= 11 is 0.